The quantitative estimate of drug-likeness (QED) is 0.599. The minimum Gasteiger partial charge on any atom is -0.324 e. The zero-order valence-electron chi connectivity index (χ0n) is 17.5. The number of hydrogen-bond acceptors (Lipinski definition) is 3. The van der Waals surface area contributed by atoms with Gasteiger partial charge in [0.15, 0.2) is 0 Å². The molecular weight excluding hydrogens is 388 g/mol. The summed E-state index contributed by atoms with van der Waals surface area (Å²) in [5.41, 5.74) is 2.61. The van der Waals surface area contributed by atoms with Crippen molar-refractivity contribution in [2.75, 3.05) is 5.32 Å². The normalized spacial score (nSPS) is 27.3. The fourth-order valence-corrected chi connectivity index (χ4v) is 5.49. The fraction of sp³-hybridized carbons (Fsp3) is 0.346. The first-order valence-corrected chi connectivity index (χ1v) is 11.0. The molecule has 1 aliphatic heterocycles. The number of nitrogens with zero attached hydrogens (tertiary/aromatic N) is 1. The highest BCUT2D eigenvalue weighted by atomic mass is 16.2. The Morgan fingerprint density at radius 3 is 2.19 bits per heavy atom. The molecule has 2 fully saturated rings. The van der Waals surface area contributed by atoms with E-state index in [0.717, 1.165) is 24.0 Å². The second-order valence-electron chi connectivity index (χ2n) is 8.95. The second-order valence-corrected chi connectivity index (χ2v) is 8.95. The van der Waals surface area contributed by atoms with Crippen molar-refractivity contribution in [3.05, 3.63) is 77.9 Å². The molecule has 1 saturated carbocycles. The molecule has 5 heteroatoms. The van der Waals surface area contributed by atoms with Crippen molar-refractivity contribution in [2.45, 2.75) is 32.2 Å². The number of nitrogens with one attached hydrogen (secondary N) is 1. The molecule has 0 aromatic heterocycles. The number of carbonyl (C=O) groups excluding carboxylic acids is 3. The fourth-order valence-electron chi connectivity index (χ4n) is 5.49. The molecule has 5 unspecified atom stereocenters. The molecule has 5 nitrogen and oxygen atoms in total. The van der Waals surface area contributed by atoms with Crippen LogP contribution in [0.3, 0.4) is 0 Å². The summed E-state index contributed by atoms with van der Waals surface area (Å²) in [6.45, 7) is 1.96. The summed E-state index contributed by atoms with van der Waals surface area (Å²) in [4.78, 5) is 41.6. The van der Waals surface area contributed by atoms with Crippen LogP contribution in [0.15, 0.2) is 66.7 Å². The van der Waals surface area contributed by atoms with E-state index in [1.807, 2.05) is 61.5 Å². The number of allylic oxidation sites excluding steroid dienone is 2. The van der Waals surface area contributed by atoms with Crippen molar-refractivity contribution in [2.24, 2.45) is 23.7 Å². The summed E-state index contributed by atoms with van der Waals surface area (Å²) >= 11 is 0. The number of carbonyl (C=O) groups is 3. The highest BCUT2D eigenvalue weighted by molar-refractivity contribution is 6.10. The molecule has 5 atom stereocenters. The molecule has 3 amide bonds. The van der Waals surface area contributed by atoms with Crippen LogP contribution in [0.4, 0.5) is 5.69 Å². The van der Waals surface area contributed by atoms with E-state index in [2.05, 4.69) is 17.5 Å². The third-order valence-corrected chi connectivity index (χ3v) is 6.97. The van der Waals surface area contributed by atoms with Gasteiger partial charge in [-0.15, -0.1) is 0 Å². The second kappa shape index (κ2) is 7.80. The molecule has 31 heavy (non-hydrogen) atoms. The van der Waals surface area contributed by atoms with Crippen molar-refractivity contribution in [1.29, 1.82) is 0 Å². The molecule has 0 spiro atoms. The van der Waals surface area contributed by atoms with Crippen LogP contribution in [0.1, 0.15) is 24.0 Å². The Hall–Kier alpha value is -3.21. The van der Waals surface area contributed by atoms with Crippen LogP contribution in [-0.2, 0) is 20.8 Å². The Bertz CT molecular complexity index is 1030. The zero-order chi connectivity index (χ0) is 21.5. The average Bonchev–Trinajstić information content (AvgIpc) is 3.06. The number of rotatable bonds is 5. The Morgan fingerprint density at radius 1 is 0.968 bits per heavy atom. The Kier molecular flexibility index (Phi) is 4.97. The van der Waals surface area contributed by atoms with Gasteiger partial charge in [0.25, 0.3) is 0 Å². The lowest BCUT2D eigenvalue weighted by Crippen LogP contribution is -2.49. The average molecular weight is 415 g/mol. The number of fused-ring (bicyclic) bond motifs is 1. The SMILES string of the molecule is Cc1cccc(NC(=O)C(Cc2ccccc2)N2C(=O)C3C4C=CC(CC4)C3C2=O)c1. The molecule has 3 aliphatic carbocycles. The van der Waals surface area contributed by atoms with Gasteiger partial charge in [-0.25, -0.2) is 0 Å². The first-order valence-electron chi connectivity index (χ1n) is 11.0. The molecule has 2 bridgehead atoms. The Labute approximate surface area is 182 Å². The molecule has 1 N–H and O–H groups in total. The standard InChI is InChI=1S/C26H26N2O3/c1-16-6-5-9-20(14-16)27-24(29)21(15-17-7-3-2-4-8-17)28-25(30)22-18-10-11-19(13-12-18)23(22)26(28)31/h2-11,14,18-19,21-23H,12-13,15H2,1H3,(H,27,29). The maximum Gasteiger partial charge on any atom is 0.248 e. The molecule has 158 valence electrons. The first-order chi connectivity index (χ1) is 15.0. The molecule has 0 radical (unpaired) electrons. The Morgan fingerprint density at radius 2 is 1.61 bits per heavy atom. The van der Waals surface area contributed by atoms with E-state index >= 15 is 0 Å². The monoisotopic (exact) mass is 414 g/mol. The van der Waals surface area contributed by atoms with Gasteiger partial charge in [0.05, 0.1) is 11.8 Å². The van der Waals surface area contributed by atoms with E-state index in [1.54, 1.807) is 0 Å². The van der Waals surface area contributed by atoms with Crippen molar-refractivity contribution in [3.63, 3.8) is 0 Å². The van der Waals surface area contributed by atoms with Gasteiger partial charge in [-0.05, 0) is 54.9 Å². The largest absolute Gasteiger partial charge is 0.324 e. The third-order valence-electron chi connectivity index (χ3n) is 6.97. The number of hydrogen-bond donors (Lipinski definition) is 1. The first kappa shape index (κ1) is 19.7. The molecule has 2 aromatic carbocycles. The van der Waals surface area contributed by atoms with Crippen molar-refractivity contribution >= 4 is 23.4 Å². The predicted octanol–water partition coefficient (Wildman–Crippen LogP) is 3.74. The lowest BCUT2D eigenvalue weighted by Gasteiger charge is -2.38. The minimum absolute atomic E-state index is 0.105. The molecule has 4 aliphatic rings. The van der Waals surface area contributed by atoms with Crippen molar-refractivity contribution < 1.29 is 14.4 Å². The summed E-state index contributed by atoms with van der Waals surface area (Å²) in [6, 6.07) is 16.2. The zero-order valence-corrected chi connectivity index (χ0v) is 17.5. The molecule has 6 rings (SSSR count). The lowest BCUT2D eigenvalue weighted by atomic mass is 9.63. The summed E-state index contributed by atoms with van der Waals surface area (Å²) < 4.78 is 0. The number of benzene rings is 2. The van der Waals surface area contributed by atoms with E-state index < -0.39 is 6.04 Å². The number of likely N-dealkylation sites (tertiary alicyclic amines) is 1. The van der Waals surface area contributed by atoms with Gasteiger partial charge in [0.2, 0.25) is 17.7 Å². The van der Waals surface area contributed by atoms with Crippen LogP contribution in [-0.4, -0.2) is 28.7 Å². The van der Waals surface area contributed by atoms with Gasteiger partial charge in [-0.1, -0.05) is 54.6 Å². The molecular formula is C26H26N2O3. The minimum atomic E-state index is -0.868. The molecule has 1 heterocycles. The van der Waals surface area contributed by atoms with Gasteiger partial charge in [-0.2, -0.15) is 0 Å². The number of imide groups is 1. The number of amides is 3. The van der Waals surface area contributed by atoms with Crippen LogP contribution in [0.5, 0.6) is 0 Å². The highest BCUT2D eigenvalue weighted by Crippen LogP contribution is 2.50. The summed E-state index contributed by atoms with van der Waals surface area (Å²) in [5.74, 6) is -1.12. The van der Waals surface area contributed by atoms with Crippen LogP contribution < -0.4 is 5.32 Å². The van der Waals surface area contributed by atoms with Crippen molar-refractivity contribution in [1.82, 2.24) is 4.90 Å². The van der Waals surface area contributed by atoms with E-state index in [1.165, 1.54) is 4.90 Å². The van der Waals surface area contributed by atoms with Gasteiger partial charge in [-0.3, -0.25) is 19.3 Å². The Balaban J connectivity index is 1.47. The smallest absolute Gasteiger partial charge is 0.248 e. The maximum absolute atomic E-state index is 13.5. The topological polar surface area (TPSA) is 66.5 Å². The molecule has 2 aromatic rings. The van der Waals surface area contributed by atoms with Gasteiger partial charge < -0.3 is 5.32 Å². The van der Waals surface area contributed by atoms with Crippen molar-refractivity contribution in [3.8, 4) is 0 Å². The summed E-state index contributed by atoms with van der Waals surface area (Å²) in [5, 5.41) is 2.94. The lowest BCUT2D eigenvalue weighted by molar-refractivity contribution is -0.146. The van der Waals surface area contributed by atoms with Gasteiger partial charge >= 0.3 is 0 Å². The van der Waals surface area contributed by atoms with E-state index in [0.29, 0.717) is 12.1 Å². The van der Waals surface area contributed by atoms with E-state index in [9.17, 15) is 14.4 Å². The summed E-state index contributed by atoms with van der Waals surface area (Å²) in [6.07, 6.45) is 6.38. The van der Waals surface area contributed by atoms with E-state index in [-0.39, 0.29) is 41.4 Å². The van der Waals surface area contributed by atoms with Crippen LogP contribution >= 0.6 is 0 Å². The highest BCUT2D eigenvalue weighted by Gasteiger charge is 2.58. The van der Waals surface area contributed by atoms with Gasteiger partial charge in [0, 0.05) is 12.1 Å². The van der Waals surface area contributed by atoms with Crippen LogP contribution in [0.25, 0.3) is 0 Å². The van der Waals surface area contributed by atoms with Crippen LogP contribution in [0, 0.1) is 30.6 Å². The molecule has 1 saturated heterocycles. The van der Waals surface area contributed by atoms with Gasteiger partial charge in [0.1, 0.15) is 6.04 Å². The number of aryl methyl sites for hydroxylation is 1. The van der Waals surface area contributed by atoms with Crippen LogP contribution in [0.2, 0.25) is 0 Å². The number of anilines is 1. The maximum atomic E-state index is 13.5. The predicted molar refractivity (Wildman–Crippen MR) is 118 cm³/mol. The van der Waals surface area contributed by atoms with E-state index in [4.69, 9.17) is 0 Å². The summed E-state index contributed by atoms with van der Waals surface area (Å²) in [7, 11) is 0. The third kappa shape index (κ3) is 3.48.